The molecule has 0 radical (unpaired) electrons. The quantitative estimate of drug-likeness (QED) is 0.710. The average Bonchev–Trinajstić information content (AvgIpc) is 2.99. The zero-order chi connectivity index (χ0) is 18.3. The Bertz CT molecular complexity index is 1050. The first-order chi connectivity index (χ1) is 12.5. The van der Waals surface area contributed by atoms with Crippen molar-refractivity contribution in [1.82, 2.24) is 0 Å². The molecule has 4 nitrogen and oxygen atoms in total. The van der Waals surface area contributed by atoms with Crippen molar-refractivity contribution >= 4 is 26.7 Å². The summed E-state index contributed by atoms with van der Waals surface area (Å²) in [5, 5.41) is 1.02. The van der Waals surface area contributed by atoms with Gasteiger partial charge in [-0.3, -0.25) is 4.72 Å². The zero-order valence-corrected chi connectivity index (χ0v) is 15.9. The molecule has 136 valence electrons. The highest BCUT2D eigenvalue weighted by Gasteiger charge is 2.22. The number of fused-ring (bicyclic) bond motifs is 3. The maximum Gasteiger partial charge on any atom is 0.261 e. The summed E-state index contributed by atoms with van der Waals surface area (Å²) in [5.41, 5.74) is 3.75. The van der Waals surface area contributed by atoms with E-state index >= 15 is 0 Å². The molecule has 26 heavy (non-hydrogen) atoms. The number of rotatable bonds is 4. The number of nitrogens with one attached hydrogen (secondary N) is 1. The van der Waals surface area contributed by atoms with Crippen molar-refractivity contribution in [2.75, 3.05) is 4.72 Å². The van der Waals surface area contributed by atoms with Crippen molar-refractivity contribution in [2.45, 2.75) is 44.4 Å². The van der Waals surface area contributed by atoms with Gasteiger partial charge in [0.15, 0.2) is 0 Å². The number of anilines is 1. The molecule has 2 aromatic carbocycles. The van der Waals surface area contributed by atoms with E-state index in [2.05, 4.69) is 11.6 Å². The van der Waals surface area contributed by atoms with Crippen molar-refractivity contribution in [3.63, 3.8) is 0 Å². The second-order valence-electron chi connectivity index (χ2n) is 7.17. The molecule has 1 aliphatic rings. The number of sulfonamides is 1. The molecule has 5 heteroatoms. The third-order valence-corrected chi connectivity index (χ3v) is 6.58. The van der Waals surface area contributed by atoms with Crippen LogP contribution in [-0.4, -0.2) is 8.42 Å². The Balaban J connectivity index is 1.67. The zero-order valence-electron chi connectivity index (χ0n) is 15.1. The predicted octanol–water partition coefficient (Wildman–Crippen LogP) is 4.92. The lowest BCUT2D eigenvalue weighted by atomic mass is 9.88. The minimum Gasteiger partial charge on any atom is -0.461 e. The molecule has 0 spiro atoms. The first-order valence-electron chi connectivity index (χ1n) is 9.12. The first-order valence-corrected chi connectivity index (χ1v) is 10.6. The molecule has 1 heterocycles. The number of furan rings is 1. The molecule has 0 fully saturated rings. The average molecular weight is 369 g/mol. The standard InChI is InChI=1S/C21H23NO3S/c1-3-15-5-8-17(9-6-15)26(23,24)22-16-7-11-21-19(13-16)18-12-14(2)4-10-20(18)25-21/h5-9,11,13-14,22H,3-4,10,12H2,1-2H3/t14-/m0/s1. The van der Waals surface area contributed by atoms with E-state index in [1.54, 1.807) is 18.2 Å². The lowest BCUT2D eigenvalue weighted by molar-refractivity contribution is 0.438. The number of aryl methyl sites for hydroxylation is 2. The second kappa shape index (κ2) is 6.47. The van der Waals surface area contributed by atoms with Gasteiger partial charge in [-0.25, -0.2) is 8.42 Å². The topological polar surface area (TPSA) is 59.3 Å². The predicted molar refractivity (Wildman–Crippen MR) is 104 cm³/mol. The van der Waals surface area contributed by atoms with Crippen LogP contribution in [0, 0.1) is 5.92 Å². The highest BCUT2D eigenvalue weighted by molar-refractivity contribution is 7.92. The maximum absolute atomic E-state index is 12.7. The molecule has 1 aliphatic carbocycles. The lowest BCUT2D eigenvalue weighted by Gasteiger charge is -2.16. The third kappa shape index (κ3) is 3.12. The summed E-state index contributed by atoms with van der Waals surface area (Å²) in [6.07, 6.45) is 3.96. The van der Waals surface area contributed by atoms with E-state index in [1.807, 2.05) is 31.2 Å². The Labute approximate surface area is 154 Å². The Kier molecular flexibility index (Phi) is 4.27. The SMILES string of the molecule is CCc1ccc(S(=O)(=O)Nc2ccc3oc4c(c3c2)C[C@@H](C)CC4)cc1. The van der Waals surface area contributed by atoms with Crippen LogP contribution in [0.15, 0.2) is 51.8 Å². The van der Waals surface area contributed by atoms with Crippen LogP contribution in [0.1, 0.15) is 37.2 Å². The summed E-state index contributed by atoms with van der Waals surface area (Å²) in [5.74, 6) is 1.67. The van der Waals surface area contributed by atoms with Gasteiger partial charge in [0.25, 0.3) is 10.0 Å². The van der Waals surface area contributed by atoms with Crippen molar-refractivity contribution in [2.24, 2.45) is 5.92 Å². The fourth-order valence-corrected chi connectivity index (χ4v) is 4.68. The Hall–Kier alpha value is -2.27. The largest absolute Gasteiger partial charge is 0.461 e. The molecule has 1 N–H and O–H groups in total. The van der Waals surface area contributed by atoms with Crippen LogP contribution in [0.5, 0.6) is 0 Å². The molecule has 0 saturated carbocycles. The molecule has 0 aliphatic heterocycles. The molecular weight excluding hydrogens is 346 g/mol. The van der Waals surface area contributed by atoms with E-state index in [-0.39, 0.29) is 4.90 Å². The van der Waals surface area contributed by atoms with Gasteiger partial charge in [-0.2, -0.15) is 0 Å². The Morgan fingerprint density at radius 1 is 1.15 bits per heavy atom. The van der Waals surface area contributed by atoms with Crippen molar-refractivity contribution < 1.29 is 12.8 Å². The summed E-state index contributed by atoms with van der Waals surface area (Å²) < 4.78 is 34.0. The van der Waals surface area contributed by atoms with Crippen molar-refractivity contribution in [1.29, 1.82) is 0 Å². The number of hydrogen-bond acceptors (Lipinski definition) is 3. The molecule has 0 amide bonds. The van der Waals surface area contributed by atoms with Crippen LogP contribution in [0.2, 0.25) is 0 Å². The summed E-state index contributed by atoms with van der Waals surface area (Å²) in [6.45, 7) is 4.29. The molecule has 1 atom stereocenters. The Morgan fingerprint density at radius 3 is 2.65 bits per heavy atom. The van der Waals surface area contributed by atoms with E-state index in [1.165, 1.54) is 5.56 Å². The van der Waals surface area contributed by atoms with Gasteiger partial charge >= 0.3 is 0 Å². The van der Waals surface area contributed by atoms with Crippen LogP contribution in [0.25, 0.3) is 11.0 Å². The van der Waals surface area contributed by atoms with Gasteiger partial charge in [-0.15, -0.1) is 0 Å². The van der Waals surface area contributed by atoms with Gasteiger partial charge in [0, 0.05) is 23.1 Å². The van der Waals surface area contributed by atoms with Crippen LogP contribution < -0.4 is 4.72 Å². The normalized spacial score (nSPS) is 17.2. The molecule has 3 aromatic rings. The molecule has 0 bridgehead atoms. The maximum atomic E-state index is 12.7. The van der Waals surface area contributed by atoms with E-state index < -0.39 is 10.0 Å². The molecule has 4 rings (SSSR count). The minimum atomic E-state index is -3.60. The second-order valence-corrected chi connectivity index (χ2v) is 8.85. The number of benzene rings is 2. The fraction of sp³-hybridized carbons (Fsp3) is 0.333. The van der Waals surface area contributed by atoms with Gasteiger partial charge in [-0.1, -0.05) is 26.0 Å². The van der Waals surface area contributed by atoms with Gasteiger partial charge in [0.2, 0.25) is 0 Å². The highest BCUT2D eigenvalue weighted by atomic mass is 32.2. The van der Waals surface area contributed by atoms with Crippen LogP contribution in [0.4, 0.5) is 5.69 Å². The first kappa shape index (κ1) is 17.2. The molecule has 0 unspecified atom stereocenters. The van der Waals surface area contributed by atoms with E-state index in [4.69, 9.17) is 4.42 Å². The third-order valence-electron chi connectivity index (χ3n) is 5.19. The fourth-order valence-electron chi connectivity index (χ4n) is 3.63. The van der Waals surface area contributed by atoms with E-state index in [0.29, 0.717) is 11.6 Å². The molecule has 0 saturated heterocycles. The highest BCUT2D eigenvalue weighted by Crippen LogP contribution is 2.35. The van der Waals surface area contributed by atoms with E-state index in [9.17, 15) is 8.42 Å². The smallest absolute Gasteiger partial charge is 0.261 e. The van der Waals surface area contributed by atoms with Crippen molar-refractivity contribution in [3.8, 4) is 0 Å². The minimum absolute atomic E-state index is 0.276. The van der Waals surface area contributed by atoms with Crippen LogP contribution in [0.3, 0.4) is 0 Å². The van der Waals surface area contributed by atoms with Gasteiger partial charge in [0.05, 0.1) is 4.90 Å². The summed E-state index contributed by atoms with van der Waals surface area (Å²) >= 11 is 0. The van der Waals surface area contributed by atoms with Gasteiger partial charge in [0.1, 0.15) is 11.3 Å². The van der Waals surface area contributed by atoms with E-state index in [0.717, 1.165) is 48.0 Å². The summed E-state index contributed by atoms with van der Waals surface area (Å²) in [4.78, 5) is 0.276. The Morgan fingerprint density at radius 2 is 1.92 bits per heavy atom. The number of hydrogen-bond donors (Lipinski definition) is 1. The van der Waals surface area contributed by atoms with Crippen molar-refractivity contribution in [3.05, 3.63) is 59.4 Å². The molecule has 1 aromatic heterocycles. The molecular formula is C21H23NO3S. The monoisotopic (exact) mass is 369 g/mol. The summed E-state index contributed by atoms with van der Waals surface area (Å²) in [7, 11) is -3.60. The van der Waals surface area contributed by atoms with Gasteiger partial charge in [-0.05, 0) is 61.1 Å². The van der Waals surface area contributed by atoms with Gasteiger partial charge < -0.3 is 4.42 Å². The van der Waals surface area contributed by atoms with Crippen LogP contribution in [-0.2, 0) is 29.3 Å². The lowest BCUT2D eigenvalue weighted by Crippen LogP contribution is -2.13. The van der Waals surface area contributed by atoms with Crippen LogP contribution >= 0.6 is 0 Å². The summed E-state index contributed by atoms with van der Waals surface area (Å²) in [6, 6.07) is 12.5.